The average Bonchev–Trinajstić information content (AvgIpc) is 2.61. The van der Waals surface area contributed by atoms with Crippen LogP contribution in [0.1, 0.15) is 25.5 Å². The smallest absolute Gasteiger partial charge is 0.208 e. The van der Waals surface area contributed by atoms with E-state index in [-0.39, 0.29) is 6.04 Å². The first kappa shape index (κ1) is 17.8. The molecule has 3 heterocycles. The molecule has 1 aliphatic rings. The third-order valence-corrected chi connectivity index (χ3v) is 4.98. The van der Waals surface area contributed by atoms with Crippen LogP contribution in [0.3, 0.4) is 0 Å². The predicted molar refractivity (Wildman–Crippen MR) is 97.9 cm³/mol. The largest absolute Gasteiger partial charge is 0.356 e. The van der Waals surface area contributed by atoms with E-state index in [9.17, 15) is 8.42 Å². The zero-order valence-corrected chi connectivity index (χ0v) is 15.3. The number of hydrogen-bond donors (Lipinski definition) is 1. The number of anilines is 1. The Morgan fingerprint density at radius 2 is 2.00 bits per heavy atom. The van der Waals surface area contributed by atoms with Crippen LogP contribution in [0.2, 0.25) is 0 Å². The minimum absolute atomic E-state index is 0.00556. The summed E-state index contributed by atoms with van der Waals surface area (Å²) in [7, 11) is -3.16. The second-order valence-electron chi connectivity index (χ2n) is 6.26. The van der Waals surface area contributed by atoms with E-state index in [1.807, 2.05) is 24.3 Å². The van der Waals surface area contributed by atoms with Gasteiger partial charge in [0.2, 0.25) is 10.0 Å². The van der Waals surface area contributed by atoms with E-state index in [2.05, 4.69) is 31.5 Å². The molecule has 134 valence electrons. The van der Waals surface area contributed by atoms with Crippen LogP contribution in [0, 0.1) is 0 Å². The standard InChI is InChI=1S/C17H23N5O2S/c1-3-13-12-16(20-17(19-13)15-6-4-5-9-18-15)22-10-7-14(8-11-22)21-25(2,23)24/h4-6,9,12,14,21H,3,7-8,10-11H2,1-2H3. The summed E-state index contributed by atoms with van der Waals surface area (Å²) in [5.74, 6) is 1.51. The average molecular weight is 361 g/mol. The van der Waals surface area contributed by atoms with Crippen LogP contribution in [0.4, 0.5) is 5.82 Å². The second-order valence-corrected chi connectivity index (χ2v) is 8.04. The van der Waals surface area contributed by atoms with Crippen LogP contribution in [0.25, 0.3) is 11.5 Å². The van der Waals surface area contributed by atoms with E-state index < -0.39 is 10.0 Å². The summed E-state index contributed by atoms with van der Waals surface area (Å²) in [4.78, 5) is 15.8. The van der Waals surface area contributed by atoms with Crippen molar-refractivity contribution in [2.24, 2.45) is 0 Å². The summed E-state index contributed by atoms with van der Waals surface area (Å²) >= 11 is 0. The molecule has 1 saturated heterocycles. The third kappa shape index (κ3) is 4.73. The number of nitrogens with one attached hydrogen (secondary N) is 1. The Balaban J connectivity index is 1.79. The molecule has 0 atom stereocenters. The molecule has 25 heavy (non-hydrogen) atoms. The maximum absolute atomic E-state index is 11.4. The van der Waals surface area contributed by atoms with Gasteiger partial charge in [-0.15, -0.1) is 0 Å². The summed E-state index contributed by atoms with van der Waals surface area (Å²) in [5.41, 5.74) is 1.73. The predicted octanol–water partition coefficient (Wildman–Crippen LogP) is 1.62. The van der Waals surface area contributed by atoms with Gasteiger partial charge in [-0.2, -0.15) is 0 Å². The highest BCUT2D eigenvalue weighted by atomic mass is 32.2. The highest BCUT2D eigenvalue weighted by Gasteiger charge is 2.23. The van der Waals surface area contributed by atoms with Crippen LogP contribution < -0.4 is 9.62 Å². The SMILES string of the molecule is CCc1cc(N2CCC(NS(C)(=O)=O)CC2)nc(-c2ccccn2)n1. The number of aryl methyl sites for hydroxylation is 1. The van der Waals surface area contributed by atoms with Crippen molar-refractivity contribution in [1.29, 1.82) is 0 Å². The number of sulfonamides is 1. The minimum atomic E-state index is -3.16. The van der Waals surface area contributed by atoms with Gasteiger partial charge in [0.25, 0.3) is 0 Å². The zero-order valence-electron chi connectivity index (χ0n) is 14.5. The van der Waals surface area contributed by atoms with Crippen molar-refractivity contribution in [3.8, 4) is 11.5 Å². The fraction of sp³-hybridized carbons (Fsp3) is 0.471. The Morgan fingerprint density at radius 3 is 2.60 bits per heavy atom. The van der Waals surface area contributed by atoms with Gasteiger partial charge in [-0.3, -0.25) is 4.98 Å². The van der Waals surface area contributed by atoms with Crippen molar-refractivity contribution in [3.63, 3.8) is 0 Å². The van der Waals surface area contributed by atoms with Gasteiger partial charge in [-0.05, 0) is 31.4 Å². The van der Waals surface area contributed by atoms with Crippen LogP contribution in [-0.4, -0.2) is 48.8 Å². The molecule has 8 heteroatoms. The number of hydrogen-bond acceptors (Lipinski definition) is 6. The normalized spacial score (nSPS) is 16.2. The molecule has 0 aliphatic carbocycles. The molecule has 0 bridgehead atoms. The minimum Gasteiger partial charge on any atom is -0.356 e. The summed E-state index contributed by atoms with van der Waals surface area (Å²) < 4.78 is 25.5. The van der Waals surface area contributed by atoms with Crippen molar-refractivity contribution < 1.29 is 8.42 Å². The molecule has 0 saturated carbocycles. The maximum atomic E-state index is 11.4. The molecule has 2 aromatic heterocycles. The number of piperidine rings is 1. The lowest BCUT2D eigenvalue weighted by molar-refractivity contribution is 0.460. The molecule has 3 rings (SSSR count). The molecule has 0 aromatic carbocycles. The lowest BCUT2D eigenvalue weighted by atomic mass is 10.1. The van der Waals surface area contributed by atoms with Crippen molar-refractivity contribution in [3.05, 3.63) is 36.2 Å². The van der Waals surface area contributed by atoms with Crippen LogP contribution >= 0.6 is 0 Å². The summed E-state index contributed by atoms with van der Waals surface area (Å²) in [6, 6.07) is 7.70. The molecule has 0 radical (unpaired) electrons. The van der Waals surface area contributed by atoms with Gasteiger partial charge in [0.15, 0.2) is 5.82 Å². The van der Waals surface area contributed by atoms with Crippen molar-refractivity contribution in [2.75, 3.05) is 24.2 Å². The molecular formula is C17H23N5O2S. The third-order valence-electron chi connectivity index (χ3n) is 4.22. The van der Waals surface area contributed by atoms with Crippen molar-refractivity contribution in [2.45, 2.75) is 32.2 Å². The molecule has 0 amide bonds. The lowest BCUT2D eigenvalue weighted by Crippen LogP contribution is -2.44. The molecule has 1 fully saturated rings. The highest BCUT2D eigenvalue weighted by Crippen LogP contribution is 2.22. The zero-order chi connectivity index (χ0) is 17.9. The molecule has 1 N–H and O–H groups in total. The Hall–Kier alpha value is -2.06. The van der Waals surface area contributed by atoms with Gasteiger partial charge in [-0.1, -0.05) is 13.0 Å². The topological polar surface area (TPSA) is 88.1 Å². The molecule has 7 nitrogen and oxygen atoms in total. The Labute approximate surface area is 148 Å². The van der Waals surface area contributed by atoms with E-state index in [0.29, 0.717) is 5.82 Å². The maximum Gasteiger partial charge on any atom is 0.208 e. The van der Waals surface area contributed by atoms with Gasteiger partial charge in [0.1, 0.15) is 11.5 Å². The molecule has 0 unspecified atom stereocenters. The molecule has 0 spiro atoms. The first-order valence-electron chi connectivity index (χ1n) is 8.46. The first-order chi connectivity index (χ1) is 11.9. The van der Waals surface area contributed by atoms with Crippen LogP contribution in [0.5, 0.6) is 0 Å². The number of rotatable bonds is 5. The van der Waals surface area contributed by atoms with Gasteiger partial charge < -0.3 is 4.90 Å². The van der Waals surface area contributed by atoms with E-state index in [4.69, 9.17) is 0 Å². The monoisotopic (exact) mass is 361 g/mol. The van der Waals surface area contributed by atoms with Crippen LogP contribution in [0.15, 0.2) is 30.5 Å². The summed E-state index contributed by atoms with van der Waals surface area (Å²) in [6.45, 7) is 3.58. The number of aromatic nitrogens is 3. The molecule has 1 aliphatic heterocycles. The molecular weight excluding hydrogens is 338 g/mol. The molecule has 2 aromatic rings. The fourth-order valence-corrected chi connectivity index (χ4v) is 3.81. The number of pyridine rings is 1. The van der Waals surface area contributed by atoms with Crippen LogP contribution in [-0.2, 0) is 16.4 Å². The van der Waals surface area contributed by atoms with Crippen molar-refractivity contribution >= 4 is 15.8 Å². The van der Waals surface area contributed by atoms with E-state index >= 15 is 0 Å². The van der Waals surface area contributed by atoms with Gasteiger partial charge in [0.05, 0.1) is 6.26 Å². The van der Waals surface area contributed by atoms with Crippen molar-refractivity contribution in [1.82, 2.24) is 19.7 Å². The Kier molecular flexibility index (Phi) is 5.29. The number of nitrogens with zero attached hydrogens (tertiary/aromatic N) is 4. The van der Waals surface area contributed by atoms with E-state index in [1.54, 1.807) is 6.20 Å². The van der Waals surface area contributed by atoms with E-state index in [1.165, 1.54) is 6.26 Å². The quantitative estimate of drug-likeness (QED) is 0.871. The highest BCUT2D eigenvalue weighted by molar-refractivity contribution is 7.88. The van der Waals surface area contributed by atoms with Gasteiger partial charge in [0, 0.05) is 37.1 Å². The van der Waals surface area contributed by atoms with E-state index in [0.717, 1.165) is 49.6 Å². The summed E-state index contributed by atoms with van der Waals surface area (Å²) in [5, 5.41) is 0. The Morgan fingerprint density at radius 1 is 1.24 bits per heavy atom. The fourth-order valence-electron chi connectivity index (χ4n) is 2.96. The lowest BCUT2D eigenvalue weighted by Gasteiger charge is -2.33. The first-order valence-corrected chi connectivity index (χ1v) is 10.4. The van der Waals surface area contributed by atoms with Gasteiger partial charge in [-0.25, -0.2) is 23.1 Å². The Bertz CT molecular complexity index is 818. The second kappa shape index (κ2) is 7.45. The van der Waals surface area contributed by atoms with Gasteiger partial charge >= 0.3 is 0 Å². The summed E-state index contributed by atoms with van der Waals surface area (Å²) in [6.07, 6.45) is 5.28.